The molecule has 0 radical (unpaired) electrons. The third-order valence-electron chi connectivity index (χ3n) is 4.28. The van der Waals surface area contributed by atoms with Crippen molar-refractivity contribution in [3.63, 3.8) is 0 Å². The van der Waals surface area contributed by atoms with Gasteiger partial charge in [-0.15, -0.1) is 0 Å². The molecular weight excluding hydrogens is 393 g/mol. The van der Waals surface area contributed by atoms with Crippen molar-refractivity contribution < 1.29 is 4.79 Å². The van der Waals surface area contributed by atoms with Crippen molar-refractivity contribution in [1.29, 1.82) is 0 Å². The average molecular weight is 408 g/mol. The van der Waals surface area contributed by atoms with Crippen LogP contribution in [0.4, 0.5) is 0 Å². The molecule has 1 aromatic heterocycles. The highest BCUT2D eigenvalue weighted by Crippen LogP contribution is 2.18. The van der Waals surface area contributed by atoms with Gasteiger partial charge in [-0.25, -0.2) is 5.43 Å². The van der Waals surface area contributed by atoms with E-state index in [9.17, 15) is 4.79 Å². The summed E-state index contributed by atoms with van der Waals surface area (Å²) in [6.45, 7) is 0. The Morgan fingerprint density at radius 1 is 0.821 bits per heavy atom. The number of hydrogen-bond acceptors (Lipinski definition) is 2. The smallest absolute Gasteiger partial charge is 0.287 e. The van der Waals surface area contributed by atoms with E-state index in [4.69, 9.17) is 23.2 Å². The molecule has 2 N–H and O–H groups in total. The minimum Gasteiger partial charge on any atom is -0.350 e. The quantitative estimate of drug-likeness (QED) is 0.332. The third kappa shape index (κ3) is 3.93. The van der Waals surface area contributed by atoms with Crippen molar-refractivity contribution in [2.45, 2.75) is 0 Å². The summed E-state index contributed by atoms with van der Waals surface area (Å²) in [5.41, 5.74) is 6.23. The van der Waals surface area contributed by atoms with Crippen LogP contribution >= 0.6 is 23.2 Å². The molecule has 1 amide bonds. The van der Waals surface area contributed by atoms with Crippen LogP contribution < -0.4 is 5.43 Å². The van der Waals surface area contributed by atoms with Gasteiger partial charge < -0.3 is 4.98 Å². The number of fused-ring (bicyclic) bond motifs is 1. The van der Waals surface area contributed by atoms with Gasteiger partial charge in [0.1, 0.15) is 5.69 Å². The topological polar surface area (TPSA) is 57.2 Å². The van der Waals surface area contributed by atoms with E-state index in [1.807, 2.05) is 48.5 Å². The van der Waals surface area contributed by atoms with Crippen LogP contribution in [0.5, 0.6) is 0 Å². The van der Waals surface area contributed by atoms with E-state index in [1.165, 1.54) is 0 Å². The molecule has 4 aromatic rings. The van der Waals surface area contributed by atoms with Crippen LogP contribution in [-0.4, -0.2) is 16.6 Å². The SMILES string of the molecule is O=C(NN=C(c1ccc(Cl)cc1)c1ccc(Cl)cc1)c1cc2ccccc2[nH]1. The number of aromatic nitrogens is 1. The lowest BCUT2D eigenvalue weighted by atomic mass is 10.0. The average Bonchev–Trinajstić information content (AvgIpc) is 3.15. The molecule has 3 aromatic carbocycles. The molecule has 0 bridgehead atoms. The number of halogens is 2. The first-order chi connectivity index (χ1) is 13.6. The van der Waals surface area contributed by atoms with E-state index in [0.29, 0.717) is 21.5 Å². The Labute approximate surface area is 171 Å². The van der Waals surface area contributed by atoms with E-state index in [1.54, 1.807) is 30.3 Å². The second kappa shape index (κ2) is 7.89. The van der Waals surface area contributed by atoms with Crippen LogP contribution in [0.1, 0.15) is 21.6 Å². The highest BCUT2D eigenvalue weighted by atomic mass is 35.5. The van der Waals surface area contributed by atoms with E-state index in [2.05, 4.69) is 15.5 Å². The van der Waals surface area contributed by atoms with Gasteiger partial charge in [-0.1, -0.05) is 65.7 Å². The summed E-state index contributed by atoms with van der Waals surface area (Å²) in [4.78, 5) is 15.7. The largest absolute Gasteiger partial charge is 0.350 e. The fourth-order valence-corrected chi connectivity index (χ4v) is 3.13. The molecule has 6 heteroatoms. The van der Waals surface area contributed by atoms with Gasteiger partial charge in [0, 0.05) is 32.1 Å². The first kappa shape index (κ1) is 18.3. The first-order valence-electron chi connectivity index (χ1n) is 8.58. The fraction of sp³-hybridized carbons (Fsp3) is 0. The Morgan fingerprint density at radius 3 is 1.96 bits per heavy atom. The number of carbonyl (C=O) groups is 1. The normalized spacial score (nSPS) is 10.6. The molecule has 0 fully saturated rings. The maximum atomic E-state index is 12.6. The maximum absolute atomic E-state index is 12.6. The van der Waals surface area contributed by atoms with Gasteiger partial charge in [0.2, 0.25) is 0 Å². The molecule has 0 aliphatic carbocycles. The monoisotopic (exact) mass is 407 g/mol. The van der Waals surface area contributed by atoms with Crippen LogP contribution in [0.2, 0.25) is 10.0 Å². The maximum Gasteiger partial charge on any atom is 0.287 e. The van der Waals surface area contributed by atoms with Crippen LogP contribution in [0.3, 0.4) is 0 Å². The number of amides is 1. The van der Waals surface area contributed by atoms with E-state index < -0.39 is 0 Å². The summed E-state index contributed by atoms with van der Waals surface area (Å²) in [5, 5.41) is 6.60. The predicted octanol–water partition coefficient (Wildman–Crippen LogP) is 5.66. The fourth-order valence-electron chi connectivity index (χ4n) is 2.87. The van der Waals surface area contributed by atoms with E-state index in [0.717, 1.165) is 22.0 Å². The van der Waals surface area contributed by atoms with Gasteiger partial charge >= 0.3 is 0 Å². The standard InChI is InChI=1S/C22H15Cl2N3O/c23-17-9-5-14(6-10-17)21(15-7-11-18(24)12-8-15)26-27-22(28)20-13-16-3-1-2-4-19(16)25-20/h1-13,25H,(H,27,28). The minimum atomic E-state index is -0.323. The number of aromatic amines is 1. The molecule has 4 rings (SSSR count). The second-order valence-electron chi connectivity index (χ2n) is 6.19. The number of nitrogens with one attached hydrogen (secondary N) is 2. The Balaban J connectivity index is 1.67. The predicted molar refractivity (Wildman–Crippen MR) is 114 cm³/mol. The molecular formula is C22H15Cl2N3O. The van der Waals surface area contributed by atoms with Crippen molar-refractivity contribution in [2.75, 3.05) is 0 Å². The number of H-pyrrole nitrogens is 1. The molecule has 138 valence electrons. The number of rotatable bonds is 4. The van der Waals surface area contributed by atoms with Crippen LogP contribution in [0.15, 0.2) is 84.0 Å². The lowest BCUT2D eigenvalue weighted by Crippen LogP contribution is -2.21. The Hall–Kier alpha value is -3.08. The van der Waals surface area contributed by atoms with E-state index >= 15 is 0 Å². The van der Waals surface area contributed by atoms with Gasteiger partial charge in [-0.2, -0.15) is 5.10 Å². The minimum absolute atomic E-state index is 0.323. The van der Waals surface area contributed by atoms with Crippen LogP contribution in [0, 0.1) is 0 Å². The lowest BCUT2D eigenvalue weighted by molar-refractivity contribution is 0.0951. The summed E-state index contributed by atoms with van der Waals surface area (Å²) >= 11 is 12.0. The first-order valence-corrected chi connectivity index (χ1v) is 9.33. The van der Waals surface area contributed by atoms with Gasteiger partial charge in [-0.3, -0.25) is 4.79 Å². The zero-order chi connectivity index (χ0) is 19.5. The molecule has 0 aliphatic rings. The number of carbonyl (C=O) groups excluding carboxylic acids is 1. The Bertz CT molecular complexity index is 1080. The molecule has 0 aliphatic heterocycles. The van der Waals surface area contributed by atoms with Gasteiger partial charge in [0.25, 0.3) is 5.91 Å². The number of para-hydroxylation sites is 1. The van der Waals surface area contributed by atoms with Crippen molar-refractivity contribution in [2.24, 2.45) is 5.10 Å². The molecule has 28 heavy (non-hydrogen) atoms. The number of hydrogen-bond donors (Lipinski definition) is 2. The number of benzene rings is 3. The molecule has 0 saturated carbocycles. The zero-order valence-corrected chi connectivity index (χ0v) is 16.1. The van der Waals surface area contributed by atoms with Crippen LogP contribution in [0.25, 0.3) is 10.9 Å². The molecule has 0 atom stereocenters. The zero-order valence-electron chi connectivity index (χ0n) is 14.6. The third-order valence-corrected chi connectivity index (χ3v) is 4.78. The van der Waals surface area contributed by atoms with Gasteiger partial charge in [0.15, 0.2) is 0 Å². The summed E-state index contributed by atoms with van der Waals surface area (Å²) in [5.74, 6) is -0.323. The lowest BCUT2D eigenvalue weighted by Gasteiger charge is -2.08. The van der Waals surface area contributed by atoms with E-state index in [-0.39, 0.29) is 5.91 Å². The number of nitrogens with zero attached hydrogens (tertiary/aromatic N) is 1. The molecule has 0 unspecified atom stereocenters. The van der Waals surface area contributed by atoms with Crippen LogP contribution in [-0.2, 0) is 0 Å². The summed E-state index contributed by atoms with van der Waals surface area (Å²) in [7, 11) is 0. The summed E-state index contributed by atoms with van der Waals surface area (Å²) in [6, 6.07) is 24.0. The van der Waals surface area contributed by atoms with Crippen molar-refractivity contribution in [3.8, 4) is 0 Å². The Kier molecular flexibility index (Phi) is 5.15. The van der Waals surface area contributed by atoms with Crippen molar-refractivity contribution in [3.05, 3.63) is 106 Å². The summed E-state index contributed by atoms with van der Waals surface area (Å²) < 4.78 is 0. The molecule has 1 heterocycles. The van der Waals surface area contributed by atoms with Crippen molar-refractivity contribution >= 4 is 45.7 Å². The number of hydrazone groups is 1. The highest BCUT2D eigenvalue weighted by molar-refractivity contribution is 6.31. The molecule has 0 saturated heterocycles. The molecule has 4 nitrogen and oxygen atoms in total. The second-order valence-corrected chi connectivity index (χ2v) is 7.06. The summed E-state index contributed by atoms with van der Waals surface area (Å²) in [6.07, 6.45) is 0. The highest BCUT2D eigenvalue weighted by Gasteiger charge is 2.12. The molecule has 0 spiro atoms. The van der Waals surface area contributed by atoms with Gasteiger partial charge in [0.05, 0.1) is 5.71 Å². The van der Waals surface area contributed by atoms with Crippen molar-refractivity contribution in [1.82, 2.24) is 10.4 Å². The Morgan fingerprint density at radius 2 is 1.39 bits per heavy atom. The van der Waals surface area contributed by atoms with Gasteiger partial charge in [-0.05, 0) is 36.4 Å².